The van der Waals surface area contributed by atoms with Crippen LogP contribution >= 0.6 is 35.3 Å². The van der Waals surface area contributed by atoms with E-state index < -0.39 is 0 Å². The van der Waals surface area contributed by atoms with Crippen LogP contribution in [-0.4, -0.2) is 55.0 Å². The molecular weight excluding hydrogens is 431 g/mol. The van der Waals surface area contributed by atoms with E-state index in [0.29, 0.717) is 6.04 Å². The lowest BCUT2D eigenvalue weighted by Gasteiger charge is -2.35. The van der Waals surface area contributed by atoms with Crippen LogP contribution in [0, 0.1) is 5.92 Å². The fourth-order valence-electron chi connectivity index (χ4n) is 3.57. The first kappa shape index (κ1) is 20.0. The van der Waals surface area contributed by atoms with E-state index in [1.54, 1.807) is 4.88 Å². The molecule has 1 aromatic rings. The lowest BCUT2D eigenvalue weighted by Crippen LogP contribution is -2.50. The van der Waals surface area contributed by atoms with Gasteiger partial charge in [-0.15, -0.1) is 35.3 Å². The molecule has 1 saturated heterocycles. The summed E-state index contributed by atoms with van der Waals surface area (Å²) >= 11 is 1.91. The molecule has 0 radical (unpaired) electrons. The third kappa shape index (κ3) is 4.85. The molecule has 1 atom stereocenters. The van der Waals surface area contributed by atoms with Crippen LogP contribution in [0.5, 0.6) is 0 Å². The van der Waals surface area contributed by atoms with Crippen molar-refractivity contribution in [2.24, 2.45) is 10.9 Å². The van der Waals surface area contributed by atoms with Gasteiger partial charge in [-0.05, 0) is 49.1 Å². The maximum absolute atomic E-state index is 4.50. The Morgan fingerprint density at radius 2 is 2.12 bits per heavy atom. The summed E-state index contributed by atoms with van der Waals surface area (Å²) in [5.74, 6) is 1.94. The van der Waals surface area contributed by atoms with Crippen LogP contribution in [0.15, 0.2) is 16.4 Å². The maximum atomic E-state index is 4.50. The highest BCUT2D eigenvalue weighted by Crippen LogP contribution is 2.25. The van der Waals surface area contributed by atoms with E-state index in [-0.39, 0.29) is 24.0 Å². The van der Waals surface area contributed by atoms with Crippen molar-refractivity contribution < 1.29 is 0 Å². The van der Waals surface area contributed by atoms with Crippen LogP contribution in [0.1, 0.15) is 37.1 Å². The summed E-state index contributed by atoms with van der Waals surface area (Å²) in [4.78, 5) is 11.1. The third-order valence-corrected chi connectivity index (χ3v) is 6.33. The topological polar surface area (TPSA) is 30.9 Å². The number of piperidine rings is 1. The van der Waals surface area contributed by atoms with Crippen molar-refractivity contribution >= 4 is 41.3 Å². The zero-order valence-electron chi connectivity index (χ0n) is 15.1. The summed E-state index contributed by atoms with van der Waals surface area (Å²) in [6, 6.07) is 2.82. The fraction of sp³-hybridized carbons (Fsp3) is 0.722. The number of halogens is 1. The molecule has 2 aliphatic rings. The molecule has 24 heavy (non-hydrogen) atoms. The largest absolute Gasteiger partial charge is 0.355 e. The Bertz CT molecular complexity index is 537. The van der Waals surface area contributed by atoms with Gasteiger partial charge < -0.3 is 10.2 Å². The van der Waals surface area contributed by atoms with Crippen LogP contribution in [-0.2, 0) is 13.0 Å². The molecule has 3 rings (SSSR count). The molecule has 2 aliphatic heterocycles. The van der Waals surface area contributed by atoms with Crippen LogP contribution < -0.4 is 5.32 Å². The minimum absolute atomic E-state index is 0. The second-order valence-electron chi connectivity index (χ2n) is 7.04. The lowest BCUT2D eigenvalue weighted by atomic mass is 9.99. The smallest absolute Gasteiger partial charge is 0.193 e. The monoisotopic (exact) mass is 462 g/mol. The van der Waals surface area contributed by atoms with E-state index in [4.69, 9.17) is 0 Å². The summed E-state index contributed by atoms with van der Waals surface area (Å²) in [6.07, 6.45) is 3.77. The number of hydrogen-bond acceptors (Lipinski definition) is 3. The Morgan fingerprint density at radius 3 is 2.83 bits per heavy atom. The molecule has 136 valence electrons. The van der Waals surface area contributed by atoms with Gasteiger partial charge in [0.1, 0.15) is 0 Å². The van der Waals surface area contributed by atoms with E-state index in [1.165, 1.54) is 31.4 Å². The summed E-state index contributed by atoms with van der Waals surface area (Å²) in [5.41, 5.74) is 1.53. The molecule has 3 heterocycles. The van der Waals surface area contributed by atoms with Crippen molar-refractivity contribution in [1.82, 2.24) is 15.1 Å². The van der Waals surface area contributed by atoms with Crippen LogP contribution in [0.2, 0.25) is 0 Å². The molecule has 1 aromatic heterocycles. The van der Waals surface area contributed by atoms with Gasteiger partial charge in [-0.3, -0.25) is 9.89 Å². The van der Waals surface area contributed by atoms with Crippen LogP contribution in [0.3, 0.4) is 0 Å². The number of nitrogens with one attached hydrogen (secondary N) is 1. The van der Waals surface area contributed by atoms with E-state index in [2.05, 4.69) is 45.4 Å². The van der Waals surface area contributed by atoms with Crippen molar-refractivity contribution in [3.8, 4) is 0 Å². The van der Waals surface area contributed by atoms with Gasteiger partial charge in [0.05, 0.1) is 0 Å². The lowest BCUT2D eigenvalue weighted by molar-refractivity contribution is 0.190. The SMILES string of the molecule is CN=C(NCC(C)N1CCc2sccc2C1)N1CCC(C)CC1.I. The van der Waals surface area contributed by atoms with Gasteiger partial charge in [-0.25, -0.2) is 0 Å². The molecular formula is C18H31IN4S. The highest BCUT2D eigenvalue weighted by molar-refractivity contribution is 14.0. The van der Waals surface area contributed by atoms with Gasteiger partial charge in [0.15, 0.2) is 5.96 Å². The first-order chi connectivity index (χ1) is 11.2. The molecule has 0 bridgehead atoms. The van der Waals surface area contributed by atoms with Gasteiger partial charge in [0, 0.05) is 50.7 Å². The Hall–Kier alpha value is -0.340. The Kier molecular flexibility index (Phi) is 7.81. The van der Waals surface area contributed by atoms with Crippen LogP contribution in [0.25, 0.3) is 0 Å². The minimum Gasteiger partial charge on any atom is -0.355 e. The fourth-order valence-corrected chi connectivity index (χ4v) is 4.46. The van der Waals surface area contributed by atoms with Gasteiger partial charge in [-0.1, -0.05) is 6.92 Å². The number of aliphatic imine (C=N–C) groups is 1. The molecule has 1 unspecified atom stereocenters. The Morgan fingerprint density at radius 1 is 1.38 bits per heavy atom. The number of nitrogens with zero attached hydrogens (tertiary/aromatic N) is 3. The molecule has 1 fully saturated rings. The number of thiophene rings is 1. The van der Waals surface area contributed by atoms with E-state index in [1.807, 2.05) is 18.4 Å². The number of guanidine groups is 1. The zero-order chi connectivity index (χ0) is 16.2. The quantitative estimate of drug-likeness (QED) is 0.424. The molecule has 0 amide bonds. The average Bonchev–Trinajstić information content (AvgIpc) is 3.04. The standard InChI is InChI=1S/C18H30N4S.HI/c1-14-4-8-21(9-5-14)18(19-3)20-12-15(2)22-10-6-17-16(13-22)7-11-23-17;/h7,11,14-15H,4-6,8-10,12-13H2,1-3H3,(H,19,20);1H. The van der Waals surface area contributed by atoms with E-state index in [0.717, 1.165) is 38.1 Å². The number of rotatable bonds is 3. The predicted octanol–water partition coefficient (Wildman–Crippen LogP) is 3.42. The number of fused-ring (bicyclic) bond motifs is 1. The molecule has 0 spiro atoms. The first-order valence-corrected chi connectivity index (χ1v) is 9.80. The van der Waals surface area contributed by atoms with Crippen molar-refractivity contribution in [2.45, 2.75) is 45.7 Å². The maximum Gasteiger partial charge on any atom is 0.193 e. The van der Waals surface area contributed by atoms with Crippen molar-refractivity contribution in [1.29, 1.82) is 0 Å². The Labute approximate surface area is 167 Å². The van der Waals surface area contributed by atoms with E-state index >= 15 is 0 Å². The van der Waals surface area contributed by atoms with Crippen molar-refractivity contribution in [3.63, 3.8) is 0 Å². The summed E-state index contributed by atoms with van der Waals surface area (Å²) in [7, 11) is 1.91. The van der Waals surface area contributed by atoms with Gasteiger partial charge in [0.25, 0.3) is 0 Å². The third-order valence-electron chi connectivity index (χ3n) is 5.31. The second kappa shape index (κ2) is 9.38. The van der Waals surface area contributed by atoms with Crippen molar-refractivity contribution in [3.05, 3.63) is 21.9 Å². The predicted molar refractivity (Wildman–Crippen MR) is 115 cm³/mol. The van der Waals surface area contributed by atoms with E-state index in [9.17, 15) is 0 Å². The summed E-state index contributed by atoms with van der Waals surface area (Å²) in [5, 5.41) is 5.84. The number of hydrogen-bond donors (Lipinski definition) is 1. The average molecular weight is 462 g/mol. The zero-order valence-corrected chi connectivity index (χ0v) is 18.3. The summed E-state index contributed by atoms with van der Waals surface area (Å²) < 4.78 is 0. The molecule has 0 saturated carbocycles. The first-order valence-electron chi connectivity index (χ1n) is 8.92. The normalized spacial score (nSPS) is 21.1. The second-order valence-corrected chi connectivity index (χ2v) is 8.04. The molecule has 0 aliphatic carbocycles. The van der Waals surface area contributed by atoms with Gasteiger partial charge in [0.2, 0.25) is 0 Å². The summed E-state index contributed by atoms with van der Waals surface area (Å²) in [6.45, 7) is 10.2. The minimum atomic E-state index is 0. The molecule has 0 aromatic carbocycles. The number of likely N-dealkylation sites (tertiary alicyclic amines) is 1. The molecule has 4 nitrogen and oxygen atoms in total. The van der Waals surface area contributed by atoms with Crippen molar-refractivity contribution in [2.75, 3.05) is 33.2 Å². The van der Waals surface area contributed by atoms with Crippen LogP contribution in [0.4, 0.5) is 0 Å². The highest BCUT2D eigenvalue weighted by atomic mass is 127. The molecule has 1 N–H and O–H groups in total. The Balaban J connectivity index is 0.00000208. The molecule has 6 heteroatoms. The van der Waals surface area contributed by atoms with Gasteiger partial charge >= 0.3 is 0 Å². The highest BCUT2D eigenvalue weighted by Gasteiger charge is 2.23. The van der Waals surface area contributed by atoms with Gasteiger partial charge in [-0.2, -0.15) is 0 Å².